The van der Waals surface area contributed by atoms with Crippen LogP contribution in [0.2, 0.25) is 0 Å². The Kier molecular flexibility index (Phi) is 4.37. The van der Waals surface area contributed by atoms with Crippen molar-refractivity contribution in [2.45, 2.75) is 24.7 Å². The van der Waals surface area contributed by atoms with Gasteiger partial charge in [0.2, 0.25) is 0 Å². The van der Waals surface area contributed by atoms with Crippen molar-refractivity contribution in [2.24, 2.45) is 0 Å². The second kappa shape index (κ2) is 6.05. The summed E-state index contributed by atoms with van der Waals surface area (Å²) >= 11 is 0. The van der Waals surface area contributed by atoms with Crippen molar-refractivity contribution in [3.8, 4) is 5.75 Å². The summed E-state index contributed by atoms with van der Waals surface area (Å²) in [5.41, 5.74) is 13.0. The molecule has 2 aromatic carbocycles. The smallest absolute Gasteiger partial charge is 0.339 e. The molecule has 0 aromatic heterocycles. The largest absolute Gasteiger partial charge is 0.397 e. The molecular formula is C15H18N2O3S. The first kappa shape index (κ1) is 15.2. The van der Waals surface area contributed by atoms with Gasteiger partial charge in [0.15, 0.2) is 0 Å². The minimum Gasteiger partial charge on any atom is -0.397 e. The topological polar surface area (TPSA) is 95.4 Å². The maximum Gasteiger partial charge on any atom is 0.339 e. The normalized spacial score (nSPS) is 11.3. The molecule has 0 amide bonds. The van der Waals surface area contributed by atoms with Crippen molar-refractivity contribution in [2.75, 3.05) is 11.5 Å². The molecule has 0 spiro atoms. The average Bonchev–Trinajstić information content (AvgIpc) is 2.44. The average molecular weight is 306 g/mol. The third-order valence-electron chi connectivity index (χ3n) is 3.01. The second-order valence-corrected chi connectivity index (χ2v) is 6.27. The lowest BCUT2D eigenvalue weighted by Crippen LogP contribution is -2.10. The van der Waals surface area contributed by atoms with E-state index in [9.17, 15) is 8.42 Å². The van der Waals surface area contributed by atoms with Crippen LogP contribution in [0, 0.1) is 0 Å². The number of hydrogen-bond donors (Lipinski definition) is 2. The van der Waals surface area contributed by atoms with Crippen molar-refractivity contribution in [3.05, 3.63) is 48.0 Å². The Bertz CT molecular complexity index is 725. The molecular weight excluding hydrogens is 288 g/mol. The summed E-state index contributed by atoms with van der Waals surface area (Å²) in [7, 11) is -3.87. The third kappa shape index (κ3) is 3.66. The highest BCUT2D eigenvalue weighted by molar-refractivity contribution is 7.87. The number of nitrogens with two attached hydrogens (primary N) is 2. The Morgan fingerprint density at radius 3 is 2.24 bits per heavy atom. The van der Waals surface area contributed by atoms with Gasteiger partial charge in [0.1, 0.15) is 10.6 Å². The molecule has 6 heteroatoms. The lowest BCUT2D eigenvalue weighted by atomic mass is 10.1. The van der Waals surface area contributed by atoms with E-state index < -0.39 is 10.1 Å². The fourth-order valence-corrected chi connectivity index (χ4v) is 2.81. The zero-order chi connectivity index (χ0) is 15.5. The zero-order valence-electron chi connectivity index (χ0n) is 11.7. The van der Waals surface area contributed by atoms with E-state index in [2.05, 4.69) is 6.92 Å². The highest BCUT2D eigenvalue weighted by Crippen LogP contribution is 2.24. The fraction of sp³-hybridized carbons (Fsp3) is 0.200. The highest BCUT2D eigenvalue weighted by Gasteiger charge is 2.16. The van der Waals surface area contributed by atoms with Gasteiger partial charge in [-0.2, -0.15) is 8.42 Å². The minimum absolute atomic E-state index is 0.109. The standard InChI is InChI=1S/C15H18N2O3S/c1-2-3-11-4-7-13(8-5-11)21(18,19)20-12-6-9-14(16)15(17)10-12/h4-10H,2-3,16-17H2,1H3. The van der Waals surface area contributed by atoms with E-state index >= 15 is 0 Å². The quantitative estimate of drug-likeness (QED) is 0.654. The second-order valence-electron chi connectivity index (χ2n) is 4.72. The lowest BCUT2D eigenvalue weighted by Gasteiger charge is -2.09. The molecule has 0 bridgehead atoms. The number of rotatable bonds is 5. The predicted molar refractivity (Wildman–Crippen MR) is 83.5 cm³/mol. The van der Waals surface area contributed by atoms with Crippen molar-refractivity contribution >= 4 is 21.5 Å². The van der Waals surface area contributed by atoms with E-state index in [1.54, 1.807) is 24.3 Å². The van der Waals surface area contributed by atoms with Crippen LogP contribution in [0.15, 0.2) is 47.4 Å². The van der Waals surface area contributed by atoms with Gasteiger partial charge in [0.25, 0.3) is 0 Å². The van der Waals surface area contributed by atoms with Crippen molar-refractivity contribution in [1.82, 2.24) is 0 Å². The Morgan fingerprint density at radius 1 is 1.00 bits per heavy atom. The first-order chi connectivity index (χ1) is 9.92. The summed E-state index contributed by atoms with van der Waals surface area (Å²) in [4.78, 5) is 0.109. The van der Waals surface area contributed by atoms with E-state index in [-0.39, 0.29) is 16.3 Å². The molecule has 0 saturated carbocycles. The molecule has 4 N–H and O–H groups in total. The van der Waals surface area contributed by atoms with Crippen LogP contribution in [-0.4, -0.2) is 8.42 Å². The van der Waals surface area contributed by atoms with Gasteiger partial charge < -0.3 is 15.7 Å². The zero-order valence-corrected chi connectivity index (χ0v) is 12.6. The molecule has 0 radical (unpaired) electrons. The van der Waals surface area contributed by atoms with Gasteiger partial charge in [-0.05, 0) is 36.2 Å². The van der Waals surface area contributed by atoms with E-state index in [4.69, 9.17) is 15.7 Å². The Labute approximate surface area is 124 Å². The number of nitrogen functional groups attached to an aromatic ring is 2. The maximum atomic E-state index is 12.2. The van der Waals surface area contributed by atoms with Crippen LogP contribution in [0.5, 0.6) is 5.75 Å². The van der Waals surface area contributed by atoms with Crippen LogP contribution in [-0.2, 0) is 16.5 Å². The molecule has 0 atom stereocenters. The van der Waals surface area contributed by atoms with E-state index in [0.29, 0.717) is 5.69 Å². The molecule has 112 valence electrons. The molecule has 0 aliphatic heterocycles. The van der Waals surface area contributed by atoms with Crippen molar-refractivity contribution in [3.63, 3.8) is 0 Å². The van der Waals surface area contributed by atoms with E-state index in [0.717, 1.165) is 18.4 Å². The number of benzene rings is 2. The molecule has 2 aromatic rings. The summed E-state index contributed by atoms with van der Waals surface area (Å²) in [6.07, 6.45) is 1.92. The van der Waals surface area contributed by atoms with Gasteiger partial charge >= 0.3 is 10.1 Å². The van der Waals surface area contributed by atoms with Crippen LogP contribution in [0.25, 0.3) is 0 Å². The summed E-state index contributed by atoms with van der Waals surface area (Å²) in [6.45, 7) is 2.07. The summed E-state index contributed by atoms with van der Waals surface area (Å²) in [5.74, 6) is 0.138. The number of anilines is 2. The number of aryl methyl sites for hydroxylation is 1. The molecule has 0 heterocycles. The molecule has 5 nitrogen and oxygen atoms in total. The van der Waals surface area contributed by atoms with Crippen LogP contribution >= 0.6 is 0 Å². The summed E-state index contributed by atoms with van der Waals surface area (Å²) in [6, 6.07) is 11.0. The Hall–Kier alpha value is -2.21. The molecule has 0 aliphatic carbocycles. The first-order valence-corrected chi connectivity index (χ1v) is 8.01. The van der Waals surface area contributed by atoms with Crippen LogP contribution < -0.4 is 15.7 Å². The monoisotopic (exact) mass is 306 g/mol. The molecule has 21 heavy (non-hydrogen) atoms. The van der Waals surface area contributed by atoms with Crippen molar-refractivity contribution < 1.29 is 12.6 Å². The minimum atomic E-state index is -3.87. The van der Waals surface area contributed by atoms with Gasteiger partial charge in [-0.3, -0.25) is 0 Å². The van der Waals surface area contributed by atoms with Gasteiger partial charge in [-0.1, -0.05) is 25.5 Å². The maximum absolute atomic E-state index is 12.2. The molecule has 0 saturated heterocycles. The van der Waals surface area contributed by atoms with Gasteiger partial charge in [-0.15, -0.1) is 0 Å². The van der Waals surface area contributed by atoms with Gasteiger partial charge in [-0.25, -0.2) is 0 Å². The summed E-state index contributed by atoms with van der Waals surface area (Å²) in [5, 5.41) is 0. The third-order valence-corrected chi connectivity index (χ3v) is 4.28. The molecule has 0 aliphatic rings. The van der Waals surface area contributed by atoms with Crippen LogP contribution in [0.3, 0.4) is 0 Å². The molecule has 2 rings (SSSR count). The van der Waals surface area contributed by atoms with Crippen LogP contribution in [0.1, 0.15) is 18.9 Å². The Morgan fingerprint density at radius 2 is 1.67 bits per heavy atom. The van der Waals surface area contributed by atoms with E-state index in [1.165, 1.54) is 18.2 Å². The SMILES string of the molecule is CCCc1ccc(S(=O)(=O)Oc2ccc(N)c(N)c2)cc1. The molecule has 0 fully saturated rings. The van der Waals surface area contributed by atoms with Crippen molar-refractivity contribution in [1.29, 1.82) is 0 Å². The summed E-state index contributed by atoms with van der Waals surface area (Å²) < 4.78 is 29.4. The van der Waals surface area contributed by atoms with Gasteiger partial charge in [0.05, 0.1) is 11.4 Å². The highest BCUT2D eigenvalue weighted by atomic mass is 32.2. The number of hydrogen-bond acceptors (Lipinski definition) is 5. The van der Waals surface area contributed by atoms with E-state index in [1.807, 2.05) is 0 Å². The first-order valence-electron chi connectivity index (χ1n) is 6.61. The lowest BCUT2D eigenvalue weighted by molar-refractivity contribution is 0.486. The Balaban J connectivity index is 2.23. The van der Waals surface area contributed by atoms with Crippen LogP contribution in [0.4, 0.5) is 11.4 Å². The predicted octanol–water partition coefficient (Wildman–Crippen LogP) is 2.57. The molecule has 0 unspecified atom stereocenters. The van der Waals surface area contributed by atoms with Gasteiger partial charge in [0, 0.05) is 6.07 Å². The fourth-order valence-electron chi connectivity index (χ4n) is 1.89.